The van der Waals surface area contributed by atoms with Gasteiger partial charge < -0.3 is 10.4 Å². The number of Topliss-reactive ketones (excluding diaryl/α,β-unsaturated/α-hetero) is 1. The molecule has 21 heavy (non-hydrogen) atoms. The Morgan fingerprint density at radius 3 is 2.10 bits per heavy atom. The first-order valence-electron chi connectivity index (χ1n) is 6.42. The van der Waals surface area contributed by atoms with Crippen molar-refractivity contribution in [1.29, 1.82) is 0 Å². The van der Waals surface area contributed by atoms with E-state index >= 15 is 0 Å². The first kappa shape index (κ1) is 14.6. The van der Waals surface area contributed by atoms with Gasteiger partial charge in [0.25, 0.3) is 0 Å². The topological polar surface area (TPSA) is 69.6 Å². The molecule has 0 heterocycles. The van der Waals surface area contributed by atoms with Gasteiger partial charge >= 0.3 is 6.03 Å². The molecule has 0 radical (unpaired) electrons. The molecule has 0 atom stereocenters. The van der Waals surface area contributed by atoms with Crippen molar-refractivity contribution in [3.05, 3.63) is 54.1 Å². The summed E-state index contributed by atoms with van der Waals surface area (Å²) in [6, 6.07) is 12.7. The van der Waals surface area contributed by atoms with Crippen LogP contribution in [0.4, 0.5) is 16.2 Å². The number of hydrogen-bond donors (Lipinski definition) is 2. The summed E-state index contributed by atoms with van der Waals surface area (Å²) >= 11 is 0. The monoisotopic (exact) mass is 284 g/mol. The van der Waals surface area contributed by atoms with Gasteiger partial charge in [0.05, 0.1) is 0 Å². The molecular weight excluding hydrogens is 268 g/mol. The van der Waals surface area contributed by atoms with Gasteiger partial charge in [0.1, 0.15) is 5.75 Å². The Labute approximate surface area is 122 Å². The van der Waals surface area contributed by atoms with Gasteiger partial charge in [0, 0.05) is 24.0 Å². The molecule has 5 nitrogen and oxygen atoms in total. The second-order valence-electron chi connectivity index (χ2n) is 4.64. The number of nitrogens with one attached hydrogen (secondary N) is 1. The van der Waals surface area contributed by atoms with E-state index in [1.165, 1.54) is 24.0 Å². The van der Waals surface area contributed by atoms with Crippen molar-refractivity contribution in [2.75, 3.05) is 17.3 Å². The van der Waals surface area contributed by atoms with Crippen LogP contribution >= 0.6 is 0 Å². The summed E-state index contributed by atoms with van der Waals surface area (Å²) in [7, 11) is 1.63. The number of ketones is 1. The number of amides is 2. The van der Waals surface area contributed by atoms with Crippen LogP contribution in [-0.4, -0.2) is 24.0 Å². The van der Waals surface area contributed by atoms with Gasteiger partial charge in [-0.1, -0.05) is 0 Å². The summed E-state index contributed by atoms with van der Waals surface area (Å²) in [6.45, 7) is 1.49. The number of nitrogens with zero attached hydrogens (tertiary/aromatic N) is 1. The molecule has 2 aromatic carbocycles. The summed E-state index contributed by atoms with van der Waals surface area (Å²) in [4.78, 5) is 24.7. The lowest BCUT2D eigenvalue weighted by Gasteiger charge is -2.18. The number of benzene rings is 2. The number of phenols is 1. The highest BCUT2D eigenvalue weighted by atomic mass is 16.3. The lowest BCUT2D eigenvalue weighted by atomic mass is 10.1. The largest absolute Gasteiger partial charge is 0.508 e. The minimum Gasteiger partial charge on any atom is -0.508 e. The minimum atomic E-state index is -0.309. The van der Waals surface area contributed by atoms with Gasteiger partial charge in [-0.05, 0) is 55.5 Å². The Balaban J connectivity index is 2.06. The molecule has 2 N–H and O–H groups in total. The second kappa shape index (κ2) is 6.09. The molecule has 0 saturated heterocycles. The van der Waals surface area contributed by atoms with E-state index in [4.69, 9.17) is 0 Å². The van der Waals surface area contributed by atoms with Crippen molar-refractivity contribution in [3.63, 3.8) is 0 Å². The number of anilines is 2. The van der Waals surface area contributed by atoms with E-state index in [0.29, 0.717) is 16.9 Å². The predicted octanol–water partition coefficient (Wildman–Crippen LogP) is 3.26. The molecular formula is C16H16N2O3. The maximum Gasteiger partial charge on any atom is 0.326 e. The van der Waals surface area contributed by atoms with E-state index < -0.39 is 0 Å². The summed E-state index contributed by atoms with van der Waals surface area (Å²) in [6.07, 6.45) is 0. The summed E-state index contributed by atoms with van der Waals surface area (Å²) < 4.78 is 0. The van der Waals surface area contributed by atoms with Crippen molar-refractivity contribution < 1.29 is 14.7 Å². The zero-order valence-corrected chi connectivity index (χ0v) is 11.8. The lowest BCUT2D eigenvalue weighted by molar-refractivity contribution is 0.101. The Bertz CT molecular complexity index is 648. The molecule has 2 aromatic rings. The van der Waals surface area contributed by atoms with E-state index in [1.807, 2.05) is 0 Å². The molecule has 0 aliphatic heterocycles. The Morgan fingerprint density at radius 2 is 1.57 bits per heavy atom. The molecule has 108 valence electrons. The van der Waals surface area contributed by atoms with Crippen LogP contribution in [0.3, 0.4) is 0 Å². The highest BCUT2D eigenvalue weighted by molar-refractivity contribution is 6.01. The van der Waals surface area contributed by atoms with Crippen LogP contribution in [-0.2, 0) is 0 Å². The summed E-state index contributed by atoms with van der Waals surface area (Å²) in [5, 5.41) is 12.0. The first-order chi connectivity index (χ1) is 9.97. The molecule has 0 spiro atoms. The molecule has 2 amide bonds. The standard InChI is InChI=1S/C16H16N2O3/c1-11(19)12-3-5-13(6-4-12)17-16(21)18(2)14-7-9-15(20)10-8-14/h3-10,20H,1-2H3,(H,17,21). The van der Waals surface area contributed by atoms with Gasteiger partial charge in [-0.3, -0.25) is 9.69 Å². The Hall–Kier alpha value is -2.82. The number of hydrogen-bond acceptors (Lipinski definition) is 3. The minimum absolute atomic E-state index is 0.0194. The molecule has 2 rings (SSSR count). The maximum absolute atomic E-state index is 12.1. The van der Waals surface area contributed by atoms with Crippen LogP contribution in [0.5, 0.6) is 5.75 Å². The van der Waals surface area contributed by atoms with Crippen molar-refractivity contribution in [1.82, 2.24) is 0 Å². The van der Waals surface area contributed by atoms with Crippen LogP contribution in [0.1, 0.15) is 17.3 Å². The van der Waals surface area contributed by atoms with Crippen LogP contribution in [0.2, 0.25) is 0 Å². The van der Waals surface area contributed by atoms with Gasteiger partial charge in [0.15, 0.2) is 5.78 Å². The molecule has 0 unspecified atom stereocenters. The molecule has 0 aromatic heterocycles. The third-order valence-electron chi connectivity index (χ3n) is 3.08. The number of rotatable bonds is 3. The Morgan fingerprint density at radius 1 is 1.00 bits per heavy atom. The number of carbonyl (C=O) groups excluding carboxylic acids is 2. The number of carbonyl (C=O) groups is 2. The third-order valence-corrected chi connectivity index (χ3v) is 3.08. The zero-order valence-electron chi connectivity index (χ0n) is 11.8. The molecule has 0 aliphatic carbocycles. The van der Waals surface area contributed by atoms with Crippen molar-refractivity contribution >= 4 is 23.2 Å². The average Bonchev–Trinajstić information content (AvgIpc) is 2.47. The lowest BCUT2D eigenvalue weighted by Crippen LogP contribution is -2.31. The van der Waals surface area contributed by atoms with Gasteiger partial charge in [-0.25, -0.2) is 4.79 Å². The predicted molar refractivity (Wildman–Crippen MR) is 82.0 cm³/mol. The van der Waals surface area contributed by atoms with Gasteiger partial charge in [-0.2, -0.15) is 0 Å². The summed E-state index contributed by atoms with van der Waals surface area (Å²) in [5.74, 6) is 0.126. The van der Waals surface area contributed by atoms with E-state index in [2.05, 4.69) is 5.32 Å². The second-order valence-corrected chi connectivity index (χ2v) is 4.64. The highest BCUT2D eigenvalue weighted by Gasteiger charge is 2.11. The SMILES string of the molecule is CC(=O)c1ccc(NC(=O)N(C)c2ccc(O)cc2)cc1. The maximum atomic E-state index is 12.1. The molecule has 0 saturated carbocycles. The number of phenolic OH excluding ortho intramolecular Hbond substituents is 1. The average molecular weight is 284 g/mol. The fraction of sp³-hybridized carbons (Fsp3) is 0.125. The van der Waals surface area contributed by atoms with Crippen LogP contribution in [0, 0.1) is 0 Å². The molecule has 5 heteroatoms. The van der Waals surface area contributed by atoms with Crippen molar-refractivity contribution in [3.8, 4) is 5.75 Å². The van der Waals surface area contributed by atoms with Crippen molar-refractivity contribution in [2.45, 2.75) is 6.92 Å². The van der Waals surface area contributed by atoms with Crippen LogP contribution in [0.25, 0.3) is 0 Å². The number of urea groups is 1. The molecule has 0 fully saturated rings. The normalized spacial score (nSPS) is 10.0. The fourth-order valence-electron chi connectivity index (χ4n) is 1.79. The van der Waals surface area contributed by atoms with E-state index in [9.17, 15) is 14.7 Å². The first-order valence-corrected chi connectivity index (χ1v) is 6.42. The highest BCUT2D eigenvalue weighted by Crippen LogP contribution is 2.18. The van der Waals surface area contributed by atoms with Crippen molar-refractivity contribution in [2.24, 2.45) is 0 Å². The fourth-order valence-corrected chi connectivity index (χ4v) is 1.79. The van der Waals surface area contributed by atoms with E-state index in [0.717, 1.165) is 0 Å². The smallest absolute Gasteiger partial charge is 0.326 e. The van der Waals surface area contributed by atoms with Crippen LogP contribution in [0.15, 0.2) is 48.5 Å². The zero-order chi connectivity index (χ0) is 15.4. The molecule has 0 bridgehead atoms. The van der Waals surface area contributed by atoms with Gasteiger partial charge in [0.2, 0.25) is 0 Å². The van der Waals surface area contributed by atoms with Gasteiger partial charge in [-0.15, -0.1) is 0 Å². The molecule has 0 aliphatic rings. The quantitative estimate of drug-likeness (QED) is 0.850. The van der Waals surface area contributed by atoms with Crippen LogP contribution < -0.4 is 10.2 Å². The van der Waals surface area contributed by atoms with E-state index in [1.54, 1.807) is 43.4 Å². The van der Waals surface area contributed by atoms with E-state index in [-0.39, 0.29) is 17.6 Å². The third kappa shape index (κ3) is 3.60. The Kier molecular flexibility index (Phi) is 4.23. The summed E-state index contributed by atoms with van der Waals surface area (Å²) in [5.41, 5.74) is 1.86. The number of aromatic hydroxyl groups is 1.